The van der Waals surface area contributed by atoms with Gasteiger partial charge in [-0.25, -0.2) is 0 Å². The molecular weight excluding hydrogens is 326 g/mol. The molecule has 3 rings (SSSR count). The van der Waals surface area contributed by atoms with Crippen LogP contribution in [0.15, 0.2) is 72.9 Å². The number of aromatic nitrogens is 1. The summed E-state index contributed by atoms with van der Waals surface area (Å²) in [6.45, 7) is 1.64. The van der Waals surface area contributed by atoms with Crippen molar-refractivity contribution in [2.75, 3.05) is 5.32 Å². The van der Waals surface area contributed by atoms with E-state index >= 15 is 0 Å². The molecule has 0 saturated heterocycles. The predicted molar refractivity (Wildman–Crippen MR) is 103 cm³/mol. The lowest BCUT2D eigenvalue weighted by Crippen LogP contribution is -2.40. The topological polar surface area (TPSA) is 71.1 Å². The van der Waals surface area contributed by atoms with Gasteiger partial charge in [-0.05, 0) is 30.7 Å². The van der Waals surface area contributed by atoms with Gasteiger partial charge in [0.1, 0.15) is 6.04 Å². The van der Waals surface area contributed by atoms with Gasteiger partial charge in [0.2, 0.25) is 11.8 Å². The number of amides is 2. The fraction of sp³-hybridized carbons (Fsp3) is 0.0952. The molecule has 26 heavy (non-hydrogen) atoms. The molecule has 1 unspecified atom stereocenters. The highest BCUT2D eigenvalue weighted by molar-refractivity contribution is 6.04. The maximum absolute atomic E-state index is 12.4. The van der Waals surface area contributed by atoms with Crippen molar-refractivity contribution < 1.29 is 9.59 Å². The molecule has 1 heterocycles. The van der Waals surface area contributed by atoms with Crippen LogP contribution in [0.25, 0.3) is 17.0 Å². The number of nitrogens with one attached hydrogen (secondary N) is 2. The fourth-order valence-electron chi connectivity index (χ4n) is 2.51. The number of nitrogens with zero attached hydrogens (tertiary/aromatic N) is 1. The summed E-state index contributed by atoms with van der Waals surface area (Å²) in [5.41, 5.74) is 2.25. The van der Waals surface area contributed by atoms with Crippen LogP contribution in [0.2, 0.25) is 0 Å². The summed E-state index contributed by atoms with van der Waals surface area (Å²) in [6.07, 6.45) is 4.80. The molecule has 2 aromatic carbocycles. The average Bonchev–Trinajstić information content (AvgIpc) is 2.67. The Morgan fingerprint density at radius 2 is 1.77 bits per heavy atom. The zero-order valence-electron chi connectivity index (χ0n) is 14.3. The number of anilines is 1. The maximum Gasteiger partial charge on any atom is 0.246 e. The summed E-state index contributed by atoms with van der Waals surface area (Å²) < 4.78 is 0. The standard InChI is InChI=1S/C21H19N3O2/c1-15(23-19(25)13-12-16-7-3-2-4-8-16)21(26)24-18-11-5-9-17-10-6-14-22-20(17)18/h2-15H,1H3,(H,23,25)(H,24,26)/b13-12+. The molecule has 1 atom stereocenters. The Hall–Kier alpha value is -3.47. The third-order valence-corrected chi connectivity index (χ3v) is 3.87. The Morgan fingerprint density at radius 3 is 2.58 bits per heavy atom. The maximum atomic E-state index is 12.4. The molecule has 1 aromatic heterocycles. The summed E-state index contributed by atoms with van der Waals surface area (Å²) in [5, 5.41) is 6.42. The number of fused-ring (bicyclic) bond motifs is 1. The number of benzene rings is 2. The Balaban J connectivity index is 1.62. The molecule has 0 fully saturated rings. The minimum atomic E-state index is -0.679. The Morgan fingerprint density at radius 1 is 1.00 bits per heavy atom. The van der Waals surface area contributed by atoms with Crippen LogP contribution in [0, 0.1) is 0 Å². The molecular formula is C21H19N3O2. The van der Waals surface area contributed by atoms with Gasteiger partial charge in [0.25, 0.3) is 0 Å². The first-order chi connectivity index (χ1) is 12.6. The quantitative estimate of drug-likeness (QED) is 0.696. The number of rotatable bonds is 5. The van der Waals surface area contributed by atoms with Crippen LogP contribution in [-0.2, 0) is 9.59 Å². The van der Waals surface area contributed by atoms with Crippen LogP contribution in [0.3, 0.4) is 0 Å². The summed E-state index contributed by atoms with van der Waals surface area (Å²) in [6, 6.07) is 18.2. The minimum absolute atomic E-state index is 0.301. The first kappa shape index (κ1) is 17.4. The van der Waals surface area contributed by atoms with E-state index in [9.17, 15) is 9.59 Å². The van der Waals surface area contributed by atoms with Crippen molar-refractivity contribution in [3.63, 3.8) is 0 Å². The molecule has 0 aliphatic rings. The van der Waals surface area contributed by atoms with Crippen molar-refractivity contribution in [2.24, 2.45) is 0 Å². The average molecular weight is 345 g/mol. The smallest absolute Gasteiger partial charge is 0.246 e. The largest absolute Gasteiger partial charge is 0.341 e. The van der Waals surface area contributed by atoms with Crippen LogP contribution in [0.5, 0.6) is 0 Å². The van der Waals surface area contributed by atoms with Crippen LogP contribution >= 0.6 is 0 Å². The third kappa shape index (κ3) is 4.33. The van der Waals surface area contributed by atoms with E-state index in [0.29, 0.717) is 11.2 Å². The molecule has 2 N–H and O–H groups in total. The fourth-order valence-corrected chi connectivity index (χ4v) is 2.51. The number of hydrogen-bond donors (Lipinski definition) is 2. The molecule has 0 aliphatic carbocycles. The second kappa shape index (κ2) is 8.07. The van der Waals surface area contributed by atoms with E-state index in [-0.39, 0.29) is 11.8 Å². The van der Waals surface area contributed by atoms with E-state index in [1.165, 1.54) is 6.08 Å². The first-order valence-corrected chi connectivity index (χ1v) is 8.32. The van der Waals surface area contributed by atoms with Gasteiger partial charge in [0.15, 0.2) is 0 Å². The highest BCUT2D eigenvalue weighted by atomic mass is 16.2. The summed E-state index contributed by atoms with van der Waals surface area (Å²) >= 11 is 0. The zero-order valence-corrected chi connectivity index (χ0v) is 14.3. The van der Waals surface area contributed by atoms with Crippen molar-refractivity contribution in [2.45, 2.75) is 13.0 Å². The van der Waals surface area contributed by atoms with E-state index in [0.717, 1.165) is 10.9 Å². The van der Waals surface area contributed by atoms with Crippen molar-refractivity contribution in [3.05, 3.63) is 78.5 Å². The van der Waals surface area contributed by atoms with Gasteiger partial charge in [0, 0.05) is 17.7 Å². The van der Waals surface area contributed by atoms with Gasteiger partial charge in [-0.3, -0.25) is 14.6 Å². The number of carbonyl (C=O) groups excluding carboxylic acids is 2. The van der Waals surface area contributed by atoms with Crippen LogP contribution in [0.4, 0.5) is 5.69 Å². The van der Waals surface area contributed by atoms with Gasteiger partial charge in [-0.15, -0.1) is 0 Å². The van der Waals surface area contributed by atoms with Crippen molar-refractivity contribution in [1.29, 1.82) is 0 Å². The Kier molecular flexibility index (Phi) is 5.39. The van der Waals surface area contributed by atoms with E-state index in [1.54, 1.807) is 25.3 Å². The van der Waals surface area contributed by atoms with E-state index in [4.69, 9.17) is 0 Å². The summed E-state index contributed by atoms with van der Waals surface area (Å²) in [4.78, 5) is 28.7. The van der Waals surface area contributed by atoms with E-state index in [2.05, 4.69) is 15.6 Å². The molecule has 5 nitrogen and oxygen atoms in total. The SMILES string of the molecule is CC(NC(=O)/C=C/c1ccccc1)C(=O)Nc1cccc2cccnc12. The molecule has 0 aliphatic heterocycles. The second-order valence-electron chi connectivity index (χ2n) is 5.84. The summed E-state index contributed by atoms with van der Waals surface area (Å²) in [5.74, 6) is -0.628. The van der Waals surface area contributed by atoms with Gasteiger partial charge in [0.05, 0.1) is 11.2 Å². The lowest BCUT2D eigenvalue weighted by molar-refractivity contribution is -0.123. The minimum Gasteiger partial charge on any atom is -0.341 e. The Bertz CT molecular complexity index is 946. The number of hydrogen-bond acceptors (Lipinski definition) is 3. The molecule has 3 aromatic rings. The van der Waals surface area contributed by atoms with Crippen molar-refractivity contribution in [3.8, 4) is 0 Å². The van der Waals surface area contributed by atoms with Gasteiger partial charge in [-0.1, -0.05) is 48.5 Å². The molecule has 0 radical (unpaired) electrons. The van der Waals surface area contributed by atoms with Crippen LogP contribution in [-0.4, -0.2) is 22.8 Å². The molecule has 0 saturated carbocycles. The van der Waals surface area contributed by atoms with Crippen LogP contribution in [0.1, 0.15) is 12.5 Å². The predicted octanol–water partition coefficient (Wildman–Crippen LogP) is 3.39. The van der Waals surface area contributed by atoms with Crippen molar-refractivity contribution in [1.82, 2.24) is 10.3 Å². The summed E-state index contributed by atoms with van der Waals surface area (Å²) in [7, 11) is 0. The monoisotopic (exact) mass is 345 g/mol. The number of pyridine rings is 1. The van der Waals surface area contributed by atoms with Gasteiger partial charge >= 0.3 is 0 Å². The first-order valence-electron chi connectivity index (χ1n) is 8.32. The highest BCUT2D eigenvalue weighted by Crippen LogP contribution is 2.20. The second-order valence-corrected chi connectivity index (χ2v) is 5.84. The van der Waals surface area contributed by atoms with Gasteiger partial charge < -0.3 is 10.6 Å². The number of para-hydroxylation sites is 1. The lowest BCUT2D eigenvalue weighted by atomic mass is 10.2. The normalized spacial score (nSPS) is 12.0. The molecule has 0 bridgehead atoms. The molecule has 5 heteroatoms. The van der Waals surface area contributed by atoms with E-state index < -0.39 is 6.04 Å². The van der Waals surface area contributed by atoms with Crippen LogP contribution < -0.4 is 10.6 Å². The lowest BCUT2D eigenvalue weighted by Gasteiger charge is -2.14. The molecule has 2 amide bonds. The van der Waals surface area contributed by atoms with E-state index in [1.807, 2.05) is 54.6 Å². The Labute approximate surface area is 151 Å². The highest BCUT2D eigenvalue weighted by Gasteiger charge is 2.15. The number of carbonyl (C=O) groups is 2. The third-order valence-electron chi connectivity index (χ3n) is 3.87. The molecule has 0 spiro atoms. The zero-order chi connectivity index (χ0) is 18.4. The van der Waals surface area contributed by atoms with Crippen molar-refractivity contribution >= 4 is 34.5 Å². The molecule has 130 valence electrons. The van der Waals surface area contributed by atoms with Gasteiger partial charge in [-0.2, -0.15) is 0 Å².